The van der Waals surface area contributed by atoms with Crippen LogP contribution in [0.2, 0.25) is 0 Å². The number of nitrogens with zero attached hydrogens (tertiary/aromatic N) is 1. The zero-order valence-corrected chi connectivity index (χ0v) is 10.1. The van der Waals surface area contributed by atoms with Gasteiger partial charge in [0.05, 0.1) is 0 Å². The van der Waals surface area contributed by atoms with Crippen LogP contribution >= 0.6 is 12.6 Å². The first-order chi connectivity index (χ1) is 6.17. The van der Waals surface area contributed by atoms with E-state index >= 15 is 0 Å². The maximum atomic E-state index is 4.39. The fourth-order valence-electron chi connectivity index (χ4n) is 2.08. The first-order valence-corrected chi connectivity index (χ1v) is 6.13. The fourth-order valence-corrected chi connectivity index (χ4v) is 2.45. The van der Waals surface area contributed by atoms with Crippen LogP contribution < -0.4 is 0 Å². The SMILES string of the molecule is CCC(CS)CN1CC(C)C(C)C1. The van der Waals surface area contributed by atoms with Crippen LogP contribution in [0, 0.1) is 17.8 Å². The van der Waals surface area contributed by atoms with E-state index in [1.54, 1.807) is 0 Å². The average Bonchev–Trinajstić information content (AvgIpc) is 2.42. The second kappa shape index (κ2) is 5.26. The fraction of sp³-hybridized carbons (Fsp3) is 1.00. The number of thiol groups is 1. The zero-order chi connectivity index (χ0) is 9.84. The maximum absolute atomic E-state index is 4.39. The van der Waals surface area contributed by atoms with Crippen molar-refractivity contribution in [3.05, 3.63) is 0 Å². The predicted molar refractivity (Wildman–Crippen MR) is 62.4 cm³/mol. The van der Waals surface area contributed by atoms with Gasteiger partial charge in [-0.15, -0.1) is 0 Å². The van der Waals surface area contributed by atoms with Crippen LogP contribution in [0.5, 0.6) is 0 Å². The van der Waals surface area contributed by atoms with Crippen molar-refractivity contribution in [3.63, 3.8) is 0 Å². The molecular formula is C11H23NS. The molecule has 1 aliphatic rings. The minimum absolute atomic E-state index is 0.792. The minimum Gasteiger partial charge on any atom is -0.302 e. The Hall–Kier alpha value is 0.310. The third-order valence-corrected chi connectivity index (χ3v) is 3.93. The monoisotopic (exact) mass is 201 g/mol. The van der Waals surface area contributed by atoms with Crippen molar-refractivity contribution < 1.29 is 0 Å². The van der Waals surface area contributed by atoms with Gasteiger partial charge in [0.1, 0.15) is 0 Å². The molecule has 0 saturated carbocycles. The van der Waals surface area contributed by atoms with Crippen LogP contribution in [0.25, 0.3) is 0 Å². The first-order valence-electron chi connectivity index (χ1n) is 5.50. The lowest BCUT2D eigenvalue weighted by Crippen LogP contribution is -2.28. The second-order valence-corrected chi connectivity index (χ2v) is 5.00. The van der Waals surface area contributed by atoms with Crippen LogP contribution in [-0.2, 0) is 0 Å². The molecule has 0 aromatic carbocycles. The molecule has 0 bridgehead atoms. The summed E-state index contributed by atoms with van der Waals surface area (Å²) >= 11 is 4.39. The molecule has 3 unspecified atom stereocenters. The van der Waals surface area contributed by atoms with Crippen LogP contribution in [0.15, 0.2) is 0 Å². The lowest BCUT2D eigenvalue weighted by Gasteiger charge is -2.21. The van der Waals surface area contributed by atoms with Crippen LogP contribution in [0.1, 0.15) is 27.2 Å². The molecule has 1 nitrogen and oxygen atoms in total. The van der Waals surface area contributed by atoms with Crippen molar-refractivity contribution >= 4 is 12.6 Å². The van der Waals surface area contributed by atoms with Gasteiger partial charge in [-0.3, -0.25) is 0 Å². The summed E-state index contributed by atoms with van der Waals surface area (Å²) in [5, 5.41) is 0. The van der Waals surface area contributed by atoms with Crippen molar-refractivity contribution in [1.82, 2.24) is 4.90 Å². The van der Waals surface area contributed by atoms with E-state index in [9.17, 15) is 0 Å². The Bertz CT molecular complexity index is 135. The van der Waals surface area contributed by atoms with Crippen molar-refractivity contribution in [3.8, 4) is 0 Å². The van der Waals surface area contributed by atoms with Crippen molar-refractivity contribution in [2.24, 2.45) is 17.8 Å². The summed E-state index contributed by atoms with van der Waals surface area (Å²) in [6.45, 7) is 10.9. The van der Waals surface area contributed by atoms with Crippen molar-refractivity contribution in [2.45, 2.75) is 27.2 Å². The topological polar surface area (TPSA) is 3.24 Å². The van der Waals surface area contributed by atoms with Gasteiger partial charge in [0, 0.05) is 19.6 Å². The summed E-state index contributed by atoms with van der Waals surface area (Å²) < 4.78 is 0. The summed E-state index contributed by atoms with van der Waals surface area (Å²) in [5.41, 5.74) is 0. The molecule has 0 spiro atoms. The smallest absolute Gasteiger partial charge is 0.00176 e. The molecular weight excluding hydrogens is 178 g/mol. The third-order valence-electron chi connectivity index (χ3n) is 3.42. The molecule has 0 aromatic heterocycles. The predicted octanol–water partition coefficient (Wildman–Crippen LogP) is 2.53. The van der Waals surface area contributed by atoms with Gasteiger partial charge in [0.25, 0.3) is 0 Å². The van der Waals surface area contributed by atoms with E-state index in [-0.39, 0.29) is 0 Å². The Labute approximate surface area is 88.3 Å². The van der Waals surface area contributed by atoms with Gasteiger partial charge in [-0.1, -0.05) is 27.2 Å². The molecule has 13 heavy (non-hydrogen) atoms. The van der Waals surface area contributed by atoms with E-state index in [0.29, 0.717) is 0 Å². The highest BCUT2D eigenvalue weighted by Crippen LogP contribution is 2.23. The normalized spacial score (nSPS) is 32.3. The van der Waals surface area contributed by atoms with Gasteiger partial charge in [-0.05, 0) is 23.5 Å². The molecule has 2 heteroatoms. The standard InChI is InChI=1S/C11H23NS/c1-4-11(8-13)7-12-5-9(2)10(3)6-12/h9-11,13H,4-8H2,1-3H3. The van der Waals surface area contributed by atoms with Gasteiger partial charge in [-0.25, -0.2) is 0 Å². The van der Waals surface area contributed by atoms with E-state index in [2.05, 4.69) is 38.3 Å². The van der Waals surface area contributed by atoms with Gasteiger partial charge in [0.2, 0.25) is 0 Å². The van der Waals surface area contributed by atoms with E-state index in [4.69, 9.17) is 0 Å². The summed E-state index contributed by atoms with van der Waals surface area (Å²) in [4.78, 5) is 2.61. The molecule has 78 valence electrons. The Kier molecular flexibility index (Phi) is 4.60. The quantitative estimate of drug-likeness (QED) is 0.684. The average molecular weight is 201 g/mol. The summed E-state index contributed by atoms with van der Waals surface area (Å²) in [7, 11) is 0. The minimum atomic E-state index is 0.792. The highest BCUT2D eigenvalue weighted by molar-refractivity contribution is 7.80. The molecule has 0 radical (unpaired) electrons. The van der Waals surface area contributed by atoms with Crippen molar-refractivity contribution in [1.29, 1.82) is 0 Å². The summed E-state index contributed by atoms with van der Waals surface area (Å²) in [5.74, 6) is 3.60. The zero-order valence-electron chi connectivity index (χ0n) is 9.16. The number of likely N-dealkylation sites (tertiary alicyclic amines) is 1. The lowest BCUT2D eigenvalue weighted by atomic mass is 10.0. The Morgan fingerprint density at radius 2 is 1.85 bits per heavy atom. The summed E-state index contributed by atoms with van der Waals surface area (Å²) in [6, 6.07) is 0. The van der Waals surface area contributed by atoms with E-state index in [1.165, 1.54) is 26.1 Å². The van der Waals surface area contributed by atoms with Crippen LogP contribution in [0.3, 0.4) is 0 Å². The van der Waals surface area contributed by atoms with E-state index in [0.717, 1.165) is 23.5 Å². The van der Waals surface area contributed by atoms with Gasteiger partial charge in [0.15, 0.2) is 0 Å². The summed E-state index contributed by atoms with van der Waals surface area (Å²) in [6.07, 6.45) is 1.27. The molecule has 1 heterocycles. The van der Waals surface area contributed by atoms with E-state index in [1.807, 2.05) is 0 Å². The molecule has 0 aromatic rings. The number of hydrogen-bond donors (Lipinski definition) is 1. The molecule has 1 aliphatic heterocycles. The molecule has 1 rings (SSSR count). The van der Waals surface area contributed by atoms with E-state index < -0.39 is 0 Å². The molecule has 3 atom stereocenters. The van der Waals surface area contributed by atoms with Crippen molar-refractivity contribution in [2.75, 3.05) is 25.4 Å². The Morgan fingerprint density at radius 3 is 2.23 bits per heavy atom. The highest BCUT2D eigenvalue weighted by atomic mass is 32.1. The molecule has 0 N–H and O–H groups in total. The molecule has 0 amide bonds. The first kappa shape index (κ1) is 11.4. The highest BCUT2D eigenvalue weighted by Gasteiger charge is 2.26. The Morgan fingerprint density at radius 1 is 1.31 bits per heavy atom. The van der Waals surface area contributed by atoms with Gasteiger partial charge in [-0.2, -0.15) is 12.6 Å². The number of rotatable bonds is 4. The Balaban J connectivity index is 2.30. The maximum Gasteiger partial charge on any atom is 0.00176 e. The molecule has 0 aliphatic carbocycles. The largest absolute Gasteiger partial charge is 0.302 e. The number of hydrogen-bond acceptors (Lipinski definition) is 2. The van der Waals surface area contributed by atoms with Crippen LogP contribution in [-0.4, -0.2) is 30.3 Å². The lowest BCUT2D eigenvalue weighted by molar-refractivity contribution is 0.276. The van der Waals surface area contributed by atoms with Gasteiger partial charge >= 0.3 is 0 Å². The molecule has 1 saturated heterocycles. The van der Waals surface area contributed by atoms with Crippen LogP contribution in [0.4, 0.5) is 0 Å². The third kappa shape index (κ3) is 3.17. The molecule has 1 fully saturated rings. The second-order valence-electron chi connectivity index (χ2n) is 4.63. The van der Waals surface area contributed by atoms with Gasteiger partial charge < -0.3 is 4.90 Å².